The van der Waals surface area contributed by atoms with Gasteiger partial charge in [0.25, 0.3) is 0 Å². The van der Waals surface area contributed by atoms with E-state index in [2.05, 4.69) is 6.92 Å². The summed E-state index contributed by atoms with van der Waals surface area (Å²) in [6, 6.07) is -1.04. The van der Waals surface area contributed by atoms with Gasteiger partial charge in [-0.1, -0.05) is 90.4 Å². The molecule has 1 aliphatic heterocycles. The van der Waals surface area contributed by atoms with Gasteiger partial charge in [0.05, 0.1) is 25.9 Å². The third-order valence-electron chi connectivity index (χ3n) is 6.43. The number of rotatable bonds is 20. The van der Waals surface area contributed by atoms with E-state index >= 15 is 0 Å². The number of hydrogen-bond donors (Lipinski definition) is 6. The lowest BCUT2D eigenvalue weighted by Gasteiger charge is -2.38. The van der Waals surface area contributed by atoms with Crippen molar-refractivity contribution in [3.63, 3.8) is 0 Å². The molecule has 0 aliphatic carbocycles. The quantitative estimate of drug-likeness (QED) is 0.136. The number of methoxy groups -OCH3 is 1. The monoisotopic (exact) mass is 509 g/mol. The Hall–Kier alpha value is -0.360. The van der Waals surface area contributed by atoms with Crippen molar-refractivity contribution in [1.29, 1.82) is 0 Å². The maximum atomic E-state index is 9.20. The van der Waals surface area contributed by atoms with Gasteiger partial charge in [0.1, 0.15) is 24.4 Å². The maximum absolute atomic E-state index is 9.20. The fraction of sp³-hybridized carbons (Fsp3) is 1.00. The van der Waals surface area contributed by atoms with Crippen LogP contribution in [0.4, 0.5) is 0 Å². The first-order chi connectivity index (χ1) is 16.9. The van der Waals surface area contributed by atoms with E-state index in [1.807, 2.05) is 0 Å². The van der Waals surface area contributed by atoms with Gasteiger partial charge < -0.3 is 45.5 Å². The standard InChI is InChI=1S/C20H42O3.C6H13NO5/c1-3-4-5-6-7-8-9-10-11-12-13-14-15-16-17-23-19-20(18-21)22-2;7-3-5(10)4(9)2(1-8)12-6(3)11/h20-21H,3-19H2,1-2H3;2-6,8-11H,1,7H2/t;2-,3-,4-,5-,6?/m.1/s1. The first-order valence-corrected chi connectivity index (χ1v) is 13.7. The highest BCUT2D eigenvalue weighted by atomic mass is 16.6. The van der Waals surface area contributed by atoms with E-state index in [1.54, 1.807) is 7.11 Å². The molecule has 0 aromatic carbocycles. The summed E-state index contributed by atoms with van der Waals surface area (Å²) in [4.78, 5) is 0. The maximum Gasteiger partial charge on any atom is 0.173 e. The predicted molar refractivity (Wildman–Crippen MR) is 137 cm³/mol. The molecule has 1 saturated heterocycles. The van der Waals surface area contributed by atoms with E-state index in [0.717, 1.165) is 13.0 Å². The molecule has 9 heteroatoms. The van der Waals surface area contributed by atoms with Crippen LogP contribution in [0.5, 0.6) is 0 Å². The van der Waals surface area contributed by atoms with E-state index in [9.17, 15) is 10.2 Å². The molecule has 0 radical (unpaired) electrons. The summed E-state index contributed by atoms with van der Waals surface area (Å²) in [5.41, 5.74) is 5.26. The van der Waals surface area contributed by atoms with Crippen LogP contribution in [0.3, 0.4) is 0 Å². The van der Waals surface area contributed by atoms with Gasteiger partial charge >= 0.3 is 0 Å². The van der Waals surface area contributed by atoms with Crippen LogP contribution in [0, 0.1) is 0 Å². The fourth-order valence-corrected chi connectivity index (χ4v) is 3.93. The Morgan fingerprint density at radius 3 is 1.69 bits per heavy atom. The summed E-state index contributed by atoms with van der Waals surface area (Å²) in [6.45, 7) is 3.14. The van der Waals surface area contributed by atoms with Gasteiger partial charge in [-0.2, -0.15) is 0 Å². The Balaban J connectivity index is 0.000000801. The van der Waals surface area contributed by atoms with Crippen LogP contribution in [0.2, 0.25) is 0 Å². The van der Waals surface area contributed by atoms with Crippen LogP contribution in [-0.4, -0.2) is 95.8 Å². The first kappa shape index (κ1) is 34.6. The van der Waals surface area contributed by atoms with Crippen molar-refractivity contribution in [3.05, 3.63) is 0 Å². The normalized spacial score (nSPS) is 25.2. The largest absolute Gasteiger partial charge is 0.394 e. The molecule has 9 nitrogen and oxygen atoms in total. The van der Waals surface area contributed by atoms with Crippen LogP contribution in [0.1, 0.15) is 96.8 Å². The summed E-state index contributed by atoms with van der Waals surface area (Å²) < 4.78 is 15.2. The van der Waals surface area contributed by atoms with Crippen LogP contribution < -0.4 is 5.73 Å². The second-order valence-corrected chi connectivity index (χ2v) is 9.52. The topological polar surface area (TPSA) is 155 Å². The molecule has 1 rings (SSSR count). The van der Waals surface area contributed by atoms with E-state index in [0.29, 0.717) is 6.61 Å². The zero-order chi connectivity index (χ0) is 26.3. The van der Waals surface area contributed by atoms with Crippen molar-refractivity contribution < 1.29 is 39.7 Å². The van der Waals surface area contributed by atoms with Gasteiger partial charge in [-0.05, 0) is 6.42 Å². The van der Waals surface area contributed by atoms with Gasteiger partial charge in [-0.3, -0.25) is 0 Å². The SMILES string of the molecule is CCCCCCCCCCCCCCCCOCC(CO)OC.N[C@H]1C(O)O[C@H](CO)[C@@H](O)[C@@H]1O. The smallest absolute Gasteiger partial charge is 0.173 e. The zero-order valence-corrected chi connectivity index (χ0v) is 22.2. The van der Waals surface area contributed by atoms with Gasteiger partial charge in [0, 0.05) is 13.7 Å². The van der Waals surface area contributed by atoms with Crippen molar-refractivity contribution in [3.8, 4) is 0 Å². The van der Waals surface area contributed by atoms with Crippen LogP contribution in [0.15, 0.2) is 0 Å². The highest BCUT2D eigenvalue weighted by Crippen LogP contribution is 2.17. The van der Waals surface area contributed by atoms with Crippen molar-refractivity contribution in [2.24, 2.45) is 5.73 Å². The molecule has 35 heavy (non-hydrogen) atoms. The van der Waals surface area contributed by atoms with Crippen LogP contribution in [-0.2, 0) is 14.2 Å². The van der Waals surface area contributed by atoms with E-state index < -0.39 is 37.3 Å². The lowest BCUT2D eigenvalue weighted by molar-refractivity contribution is -0.248. The lowest BCUT2D eigenvalue weighted by Crippen LogP contribution is -2.61. The number of nitrogens with two attached hydrogens (primary N) is 1. The molecule has 212 valence electrons. The van der Waals surface area contributed by atoms with Crippen LogP contribution >= 0.6 is 0 Å². The molecule has 0 bridgehead atoms. The van der Waals surface area contributed by atoms with Gasteiger partial charge in [0.15, 0.2) is 6.29 Å². The second-order valence-electron chi connectivity index (χ2n) is 9.52. The molecule has 0 amide bonds. The number of aliphatic hydroxyl groups is 5. The van der Waals surface area contributed by atoms with Crippen LogP contribution in [0.25, 0.3) is 0 Å². The molecule has 0 aromatic rings. The minimum absolute atomic E-state index is 0.0369. The zero-order valence-electron chi connectivity index (χ0n) is 22.2. The minimum atomic E-state index is -1.35. The molecule has 0 aromatic heterocycles. The molecule has 0 saturated carbocycles. The average Bonchev–Trinajstić information content (AvgIpc) is 2.87. The summed E-state index contributed by atoms with van der Waals surface area (Å²) >= 11 is 0. The van der Waals surface area contributed by atoms with E-state index in [-0.39, 0.29) is 12.7 Å². The number of aliphatic hydroxyl groups excluding tert-OH is 5. The molecule has 1 aliphatic rings. The van der Waals surface area contributed by atoms with E-state index in [1.165, 1.54) is 83.5 Å². The molecular formula is C26H55NO8. The predicted octanol–water partition coefficient (Wildman–Crippen LogP) is 2.24. The van der Waals surface area contributed by atoms with Crippen molar-refractivity contribution in [2.45, 2.75) is 134 Å². The minimum Gasteiger partial charge on any atom is -0.394 e. The highest BCUT2D eigenvalue weighted by molar-refractivity contribution is 4.90. The molecule has 2 unspecified atom stereocenters. The average molecular weight is 510 g/mol. The Bertz CT molecular complexity index is 437. The summed E-state index contributed by atoms with van der Waals surface area (Å²) in [6.07, 6.45) is 14.3. The van der Waals surface area contributed by atoms with Crippen molar-refractivity contribution >= 4 is 0 Å². The Morgan fingerprint density at radius 2 is 1.26 bits per heavy atom. The Kier molecular flexibility index (Phi) is 23.8. The van der Waals surface area contributed by atoms with Gasteiger partial charge in [-0.15, -0.1) is 0 Å². The summed E-state index contributed by atoms with van der Waals surface area (Å²) in [7, 11) is 1.61. The molecule has 6 atom stereocenters. The molecule has 0 spiro atoms. The van der Waals surface area contributed by atoms with Gasteiger partial charge in [0.2, 0.25) is 0 Å². The summed E-state index contributed by atoms with van der Waals surface area (Å²) in [5, 5.41) is 45.0. The molecule has 1 fully saturated rings. The van der Waals surface area contributed by atoms with Gasteiger partial charge in [-0.25, -0.2) is 0 Å². The first-order valence-electron chi connectivity index (χ1n) is 13.7. The molecular weight excluding hydrogens is 454 g/mol. The van der Waals surface area contributed by atoms with Crippen molar-refractivity contribution in [1.82, 2.24) is 0 Å². The van der Waals surface area contributed by atoms with E-state index in [4.69, 9.17) is 35.3 Å². The fourth-order valence-electron chi connectivity index (χ4n) is 3.93. The third kappa shape index (κ3) is 17.7. The van der Waals surface area contributed by atoms with Crippen molar-refractivity contribution in [2.75, 3.05) is 33.5 Å². The number of unbranched alkanes of at least 4 members (excludes halogenated alkanes) is 13. The Morgan fingerprint density at radius 1 is 0.771 bits per heavy atom. The summed E-state index contributed by atoms with van der Waals surface area (Å²) in [5.74, 6) is 0. The number of ether oxygens (including phenoxy) is 3. The Labute approximate surface area is 213 Å². The third-order valence-corrected chi connectivity index (χ3v) is 6.43. The second kappa shape index (κ2) is 24.0. The molecule has 7 N–H and O–H groups in total. The number of hydrogen-bond acceptors (Lipinski definition) is 9. The lowest BCUT2D eigenvalue weighted by atomic mass is 9.98. The molecule has 1 heterocycles. The highest BCUT2D eigenvalue weighted by Gasteiger charge is 2.41.